The van der Waals surface area contributed by atoms with Crippen molar-refractivity contribution in [3.63, 3.8) is 0 Å². The van der Waals surface area contributed by atoms with E-state index in [1.807, 2.05) is 0 Å². The number of hydrogen-bond donors (Lipinski definition) is 0. The molecule has 4 rings (SSSR count). The summed E-state index contributed by atoms with van der Waals surface area (Å²) >= 11 is 0. The van der Waals surface area contributed by atoms with E-state index in [1.165, 1.54) is 24.3 Å². The van der Waals surface area contributed by atoms with Crippen LogP contribution in [0.25, 0.3) is 0 Å². The number of rotatable bonds is 6. The monoisotopic (exact) mass is 482 g/mol. The molecule has 1 aliphatic heterocycles. The fourth-order valence-electron chi connectivity index (χ4n) is 5.21. The van der Waals surface area contributed by atoms with Crippen molar-refractivity contribution in [2.45, 2.75) is 48.9 Å². The Hall–Kier alpha value is -2.55. The summed E-state index contributed by atoms with van der Waals surface area (Å²) in [6, 6.07) is 7.16. The molecule has 2 aliphatic rings. The summed E-state index contributed by atoms with van der Waals surface area (Å²) in [5.74, 6) is -3.34. The van der Waals surface area contributed by atoms with Crippen LogP contribution in [-0.4, -0.2) is 27.6 Å². The molecule has 2 aromatic carbocycles. The van der Waals surface area contributed by atoms with Gasteiger partial charge in [0.1, 0.15) is 17.2 Å². The number of halogens is 3. The SMILES string of the molecule is CCOC(=O)C[C@@H]1CC[C@@]2(S(=O)(=O)c3ccc(CF)cc3)c3c(F)ccc(F)c3OC[C@H]2C1. The van der Waals surface area contributed by atoms with Crippen LogP contribution in [0.15, 0.2) is 41.3 Å². The lowest BCUT2D eigenvalue weighted by Crippen LogP contribution is -2.52. The lowest BCUT2D eigenvalue weighted by molar-refractivity contribution is -0.144. The summed E-state index contributed by atoms with van der Waals surface area (Å²) in [5, 5.41) is 0. The van der Waals surface area contributed by atoms with E-state index in [4.69, 9.17) is 9.47 Å². The van der Waals surface area contributed by atoms with E-state index < -0.39 is 38.8 Å². The number of benzene rings is 2. The molecule has 5 nitrogen and oxygen atoms in total. The van der Waals surface area contributed by atoms with Crippen LogP contribution in [0.4, 0.5) is 13.2 Å². The lowest BCUT2D eigenvalue weighted by Gasteiger charge is -2.49. The number of esters is 1. The van der Waals surface area contributed by atoms with Gasteiger partial charge >= 0.3 is 5.97 Å². The molecular weight excluding hydrogens is 457 g/mol. The Kier molecular flexibility index (Phi) is 6.44. The van der Waals surface area contributed by atoms with Crippen LogP contribution >= 0.6 is 0 Å². The predicted octanol–water partition coefficient (Wildman–Crippen LogP) is 4.87. The van der Waals surface area contributed by atoms with Gasteiger partial charge in [0.15, 0.2) is 21.4 Å². The van der Waals surface area contributed by atoms with Crippen LogP contribution in [0.1, 0.15) is 43.7 Å². The van der Waals surface area contributed by atoms with E-state index in [0.29, 0.717) is 12.0 Å². The van der Waals surface area contributed by atoms with Crippen molar-refractivity contribution in [1.82, 2.24) is 0 Å². The standard InChI is InChI=1S/C24H25F3O5S/c1-2-31-21(28)12-16-9-10-24(33(29,30)18-5-3-15(13-25)4-6-18)17(11-16)14-32-23-20(27)8-7-19(26)22(23)24/h3-8,16-17H,2,9-14H2,1H3/t16-,17-,24+/m1/s1. The van der Waals surface area contributed by atoms with Crippen molar-refractivity contribution in [2.24, 2.45) is 11.8 Å². The van der Waals surface area contributed by atoms with E-state index in [0.717, 1.165) is 12.1 Å². The van der Waals surface area contributed by atoms with Crippen molar-refractivity contribution >= 4 is 15.8 Å². The van der Waals surface area contributed by atoms with Gasteiger partial charge in [-0.3, -0.25) is 4.79 Å². The van der Waals surface area contributed by atoms with Crippen LogP contribution in [0, 0.1) is 23.5 Å². The van der Waals surface area contributed by atoms with Crippen molar-refractivity contribution in [3.8, 4) is 5.75 Å². The molecule has 0 saturated heterocycles. The molecule has 0 unspecified atom stereocenters. The first-order chi connectivity index (χ1) is 15.7. The fourth-order valence-corrected chi connectivity index (χ4v) is 7.58. The summed E-state index contributed by atoms with van der Waals surface area (Å²) in [4.78, 5) is 11.9. The number of alkyl halides is 1. The van der Waals surface area contributed by atoms with Gasteiger partial charge in [-0.2, -0.15) is 0 Å². The van der Waals surface area contributed by atoms with Gasteiger partial charge in [-0.15, -0.1) is 0 Å². The minimum atomic E-state index is -4.25. The quantitative estimate of drug-likeness (QED) is 0.550. The predicted molar refractivity (Wildman–Crippen MR) is 114 cm³/mol. The highest BCUT2D eigenvalue weighted by Gasteiger charge is 2.59. The van der Waals surface area contributed by atoms with Gasteiger partial charge in [0.25, 0.3) is 0 Å². The van der Waals surface area contributed by atoms with Crippen molar-refractivity contribution < 1.29 is 35.9 Å². The van der Waals surface area contributed by atoms with Crippen molar-refractivity contribution in [1.29, 1.82) is 0 Å². The van der Waals surface area contributed by atoms with Crippen LogP contribution in [-0.2, 0) is 30.8 Å². The molecular formula is C24H25F3O5S. The minimum absolute atomic E-state index is 0.00827. The summed E-state index contributed by atoms with van der Waals surface area (Å²) in [6.45, 7) is 1.06. The average Bonchev–Trinajstić information content (AvgIpc) is 2.81. The van der Waals surface area contributed by atoms with Gasteiger partial charge in [-0.05, 0) is 61.9 Å². The molecule has 178 valence electrons. The molecule has 0 N–H and O–H groups in total. The molecule has 3 atom stereocenters. The zero-order valence-electron chi connectivity index (χ0n) is 18.2. The molecule has 0 aromatic heterocycles. The topological polar surface area (TPSA) is 69.7 Å². The first-order valence-electron chi connectivity index (χ1n) is 10.9. The molecule has 1 saturated carbocycles. The van der Waals surface area contributed by atoms with E-state index in [1.54, 1.807) is 6.92 Å². The Morgan fingerprint density at radius 3 is 2.52 bits per heavy atom. The van der Waals surface area contributed by atoms with Crippen LogP contribution in [0.5, 0.6) is 5.75 Å². The average molecular weight is 483 g/mol. The van der Waals surface area contributed by atoms with E-state index in [-0.39, 0.29) is 60.6 Å². The number of sulfone groups is 1. The highest BCUT2D eigenvalue weighted by atomic mass is 32.2. The van der Waals surface area contributed by atoms with Crippen LogP contribution < -0.4 is 4.74 Å². The first-order valence-corrected chi connectivity index (χ1v) is 12.4. The normalized spacial score (nSPS) is 24.4. The maximum atomic E-state index is 15.2. The molecule has 1 fully saturated rings. The molecule has 2 aromatic rings. The van der Waals surface area contributed by atoms with Gasteiger partial charge in [-0.1, -0.05) is 12.1 Å². The highest BCUT2D eigenvalue weighted by Crippen LogP contribution is 2.57. The Morgan fingerprint density at radius 2 is 1.85 bits per heavy atom. The fraction of sp³-hybridized carbons (Fsp3) is 0.458. The maximum Gasteiger partial charge on any atom is 0.306 e. The number of fused-ring (bicyclic) bond motifs is 3. The Balaban J connectivity index is 1.83. The Labute approximate surface area is 190 Å². The molecule has 0 spiro atoms. The van der Waals surface area contributed by atoms with Gasteiger partial charge in [0, 0.05) is 12.3 Å². The molecule has 1 aliphatic carbocycles. The second kappa shape index (κ2) is 9.00. The highest BCUT2D eigenvalue weighted by molar-refractivity contribution is 7.92. The van der Waals surface area contributed by atoms with Gasteiger partial charge in [0.05, 0.1) is 23.7 Å². The molecule has 0 amide bonds. The Morgan fingerprint density at radius 1 is 1.15 bits per heavy atom. The third-order valence-electron chi connectivity index (χ3n) is 6.74. The third-order valence-corrected chi connectivity index (χ3v) is 9.33. The minimum Gasteiger partial charge on any atom is -0.490 e. The summed E-state index contributed by atoms with van der Waals surface area (Å²) in [7, 11) is -4.25. The van der Waals surface area contributed by atoms with E-state index >= 15 is 4.39 Å². The summed E-state index contributed by atoms with van der Waals surface area (Å²) in [6.07, 6.45) is 0.693. The summed E-state index contributed by atoms with van der Waals surface area (Å²) in [5.41, 5.74) is 0.00801. The lowest BCUT2D eigenvalue weighted by atomic mass is 9.68. The first kappa shape index (κ1) is 23.6. The molecule has 0 radical (unpaired) electrons. The smallest absolute Gasteiger partial charge is 0.306 e. The maximum absolute atomic E-state index is 15.2. The second-order valence-corrected chi connectivity index (χ2v) is 10.8. The third kappa shape index (κ3) is 3.90. The molecule has 1 heterocycles. The molecule has 33 heavy (non-hydrogen) atoms. The van der Waals surface area contributed by atoms with Gasteiger partial charge in [-0.25, -0.2) is 21.6 Å². The zero-order valence-corrected chi connectivity index (χ0v) is 19.0. The second-order valence-electron chi connectivity index (χ2n) is 8.56. The molecule has 9 heteroatoms. The number of hydrogen-bond acceptors (Lipinski definition) is 5. The zero-order chi connectivity index (χ0) is 23.8. The number of carbonyl (C=O) groups excluding carboxylic acids is 1. The molecule has 0 bridgehead atoms. The van der Waals surface area contributed by atoms with Gasteiger partial charge < -0.3 is 9.47 Å². The largest absolute Gasteiger partial charge is 0.490 e. The van der Waals surface area contributed by atoms with Crippen LogP contribution in [0.2, 0.25) is 0 Å². The van der Waals surface area contributed by atoms with E-state index in [9.17, 15) is 22.0 Å². The number of ether oxygens (including phenoxy) is 2. The number of carbonyl (C=O) groups is 1. The van der Waals surface area contributed by atoms with E-state index in [2.05, 4.69) is 0 Å². The summed E-state index contributed by atoms with van der Waals surface area (Å²) < 4.78 is 79.7. The van der Waals surface area contributed by atoms with Gasteiger partial charge in [0.2, 0.25) is 0 Å². The van der Waals surface area contributed by atoms with Crippen molar-refractivity contribution in [2.75, 3.05) is 13.2 Å². The van der Waals surface area contributed by atoms with Crippen LogP contribution in [0.3, 0.4) is 0 Å². The van der Waals surface area contributed by atoms with Crippen molar-refractivity contribution in [3.05, 3.63) is 59.2 Å². The Bertz CT molecular complexity index is 1150.